The molecule has 16 atom stereocenters. The number of unbranched alkanes of at least 4 members (excludes halogenated alkanes) is 4. The Labute approximate surface area is 705 Å². The summed E-state index contributed by atoms with van der Waals surface area (Å²) < 4.78 is 31.7. The van der Waals surface area contributed by atoms with E-state index in [2.05, 4.69) is 85.1 Å². The molecule has 0 unspecified atom stereocenters. The van der Waals surface area contributed by atoms with Gasteiger partial charge in [-0.1, -0.05) is 0 Å². The fraction of sp³-hybridized carbons (Fsp3) is 0.694. The van der Waals surface area contributed by atoms with Crippen molar-refractivity contribution in [2.75, 3.05) is 26.2 Å². The van der Waals surface area contributed by atoms with Crippen LogP contribution in [0.25, 0.3) is 0 Å². The summed E-state index contributed by atoms with van der Waals surface area (Å²) >= 11 is 0. The first-order chi connectivity index (χ1) is 57.3. The first kappa shape index (κ1) is 113. The van der Waals surface area contributed by atoms with Gasteiger partial charge in [0.05, 0.1) is 0 Å². The molecule has 0 rings (SSSR count). The molecule has 0 saturated heterocycles. The summed E-state index contributed by atoms with van der Waals surface area (Å²) in [5.74, 6) is -24.8. The Bertz CT molecular complexity index is 3620. The second-order valence-electron chi connectivity index (χ2n) is 28.6. The first-order valence-electron chi connectivity index (χ1n) is 39.4. The van der Waals surface area contributed by atoms with Crippen LogP contribution in [0.2, 0.25) is 0 Å². The van der Waals surface area contributed by atoms with Crippen molar-refractivity contribution in [3.8, 4) is 0 Å². The van der Waals surface area contributed by atoms with E-state index in [4.69, 9.17) is 38.6 Å². The highest BCUT2D eigenvalue weighted by Crippen LogP contribution is 2.14. The van der Waals surface area contributed by atoms with E-state index < -0.39 is 284 Å². The topological polar surface area (TPSA) is 799 Å². The fourth-order valence-corrected chi connectivity index (χ4v) is 10.6. The van der Waals surface area contributed by atoms with Crippen LogP contribution in [0, 0.1) is 0 Å². The molecule has 31 N–H and O–H groups in total. The number of carbonyl (C=O) groups is 22. The quantitative estimate of drug-likeness (QED) is 0.0252. The van der Waals surface area contributed by atoms with Gasteiger partial charge in [-0.2, -0.15) is 13.2 Å². The minimum atomic E-state index is -5.08. The van der Waals surface area contributed by atoms with Gasteiger partial charge in [0, 0.05) is 32.6 Å². The molecule has 123 heavy (non-hydrogen) atoms. The van der Waals surface area contributed by atoms with Gasteiger partial charge >= 0.3 is 36.0 Å². The lowest BCUT2D eigenvalue weighted by Gasteiger charge is -2.26. The summed E-state index contributed by atoms with van der Waals surface area (Å²) in [7, 11) is 0. The maximum absolute atomic E-state index is 14.0. The molecule has 698 valence electrons. The Morgan fingerprint density at radius 3 is 0.528 bits per heavy atom. The summed E-state index contributed by atoms with van der Waals surface area (Å²) in [4.78, 5) is 283. The van der Waals surface area contributed by atoms with Crippen LogP contribution in [0.4, 0.5) is 13.2 Å². The predicted molar refractivity (Wildman–Crippen MR) is 424 cm³/mol. The third-order valence-corrected chi connectivity index (χ3v) is 17.8. The molecule has 48 nitrogen and oxygen atoms in total. The Kier molecular flexibility index (Phi) is 54.8. The SMILES string of the molecule is CC(=O)N[C@@H](C)C(=O)N[C@@H](CCC(=O)O)C(=O)N[C@@H](C)C(=O)N[C@@H](CCC(=O)O)C(=O)N[C@@H](C)C(=O)N[C@@H](CCCCN)C(=O)N[C@@H](C)C(=O)N[C@@H](CCCCN)C(=O)N[C@@H](C)C(=O)N[C@@H](CCC(=O)O)C(=O)N[C@@H](C)C(=O)N[C@@H](CCC(=O)O)C(=O)N[C@@H](C)C(=O)N[C@@H](CCCCN)C(=O)N[C@@H](C)C(=O)N[C@@H](CCCCN)C(N)=O.O=C(O)C(F)(F)F. The summed E-state index contributed by atoms with van der Waals surface area (Å²) in [5, 5.41) is 82.9. The standard InChI is InChI=1S/C70H121N21O25.C2HF3O2/c1-34(76-42(9)92)56(102)88-47(22-26-51(93)94)67(113)82-40(7)62(108)90-48(23-27-52(95)96)68(114)81-38(5)60(106)87-45(20-12-16-32-73)65(111)78-36(3)58(104)85-46(21-13-17-33-74)66(112)79-39(6)61(107)89-50(25-29-54(99)100)70(116)83-41(8)63(109)91-49(24-28-53(97)98)69(115)80-37(4)59(105)86-44(19-11-15-31-72)64(110)77-35(2)57(103)84-43(55(75)101)18-10-14-30-71;3-2(4,5)1(6)7/h34-41,43-50H,10-33,71-74H2,1-9H3,(H2,75,101)(H,76,92)(H,77,110)(H,78,111)(H,79,112)(H,80,115)(H,81,114)(H,82,113)(H,83,116)(H,84,103)(H,85,104)(H,86,105)(H,87,106)(H,88,102)(H,89,107)(H,90,108)(H,91,109)(H,93,94)(H,95,96)(H,97,98)(H,99,100);(H,6,7)/t34-,35-,36-,37-,38-,39-,40-,41-,43-,44-,45-,46-,47-,48-,49-,50-;/m0./s1. The van der Waals surface area contributed by atoms with Crippen molar-refractivity contribution in [1.82, 2.24) is 85.1 Å². The number of halogens is 3. The summed E-state index contributed by atoms with van der Waals surface area (Å²) in [5.41, 5.74) is 28.0. The van der Waals surface area contributed by atoms with Crippen LogP contribution in [0.3, 0.4) is 0 Å². The van der Waals surface area contributed by atoms with Crippen molar-refractivity contribution in [3.05, 3.63) is 0 Å². The Hall–Kier alpha value is -12.0. The number of carboxylic acid groups (broad SMARTS) is 5. The highest BCUT2D eigenvalue weighted by Gasteiger charge is 2.39. The van der Waals surface area contributed by atoms with Crippen LogP contribution >= 0.6 is 0 Å². The Morgan fingerprint density at radius 1 is 0.244 bits per heavy atom. The normalized spacial score (nSPS) is 14.9. The minimum Gasteiger partial charge on any atom is -0.481 e. The van der Waals surface area contributed by atoms with Gasteiger partial charge < -0.3 is 139 Å². The van der Waals surface area contributed by atoms with Gasteiger partial charge in [0.15, 0.2) is 0 Å². The number of hydrogen-bond acceptors (Lipinski definition) is 26. The number of nitrogens with two attached hydrogens (primary N) is 5. The molecule has 0 aromatic rings. The molecular weight excluding hydrogens is 1650 g/mol. The highest BCUT2D eigenvalue weighted by molar-refractivity contribution is 6.01. The molecule has 0 radical (unpaired) electrons. The number of amides is 17. The maximum atomic E-state index is 14.0. The van der Waals surface area contributed by atoms with Gasteiger partial charge in [0.25, 0.3) is 0 Å². The molecule has 0 spiro atoms. The molecule has 0 aliphatic carbocycles. The number of carboxylic acids is 5. The van der Waals surface area contributed by atoms with Crippen molar-refractivity contribution in [2.45, 2.75) is 294 Å². The molecule has 17 amide bonds. The third kappa shape index (κ3) is 48.9. The zero-order valence-electron chi connectivity index (χ0n) is 69.9. The molecule has 0 aliphatic rings. The van der Waals surface area contributed by atoms with Crippen LogP contribution in [0.15, 0.2) is 0 Å². The second-order valence-corrected chi connectivity index (χ2v) is 28.6. The lowest BCUT2D eigenvalue weighted by Crippen LogP contribution is -2.60. The van der Waals surface area contributed by atoms with E-state index in [1.54, 1.807) is 0 Å². The first-order valence-corrected chi connectivity index (χ1v) is 39.4. The van der Waals surface area contributed by atoms with E-state index in [1.165, 1.54) is 34.6 Å². The number of aliphatic carboxylic acids is 5. The number of nitrogens with one attached hydrogen (secondary N) is 16. The molecule has 0 aromatic carbocycles. The number of primary amides is 1. The van der Waals surface area contributed by atoms with Gasteiger partial charge in [-0.25, -0.2) is 4.79 Å². The van der Waals surface area contributed by atoms with Crippen molar-refractivity contribution in [1.29, 1.82) is 0 Å². The molecule has 0 aliphatic heterocycles. The lowest BCUT2D eigenvalue weighted by atomic mass is 10.1. The molecule has 51 heteroatoms. The molecule has 0 saturated carbocycles. The van der Waals surface area contributed by atoms with E-state index in [-0.39, 0.29) is 58.2 Å². The van der Waals surface area contributed by atoms with Gasteiger partial charge in [-0.05, 0) is 184 Å². The Balaban J connectivity index is 0. The van der Waals surface area contributed by atoms with Crippen molar-refractivity contribution >= 4 is 130 Å². The zero-order valence-corrected chi connectivity index (χ0v) is 69.9. The van der Waals surface area contributed by atoms with Crippen molar-refractivity contribution < 1.29 is 144 Å². The average molecular weight is 1770 g/mol. The Morgan fingerprint density at radius 2 is 0.390 bits per heavy atom. The van der Waals surface area contributed by atoms with Gasteiger partial charge in [0.2, 0.25) is 100 Å². The molecule has 0 fully saturated rings. The van der Waals surface area contributed by atoms with Crippen LogP contribution in [0.5, 0.6) is 0 Å². The van der Waals surface area contributed by atoms with Gasteiger partial charge in [-0.15, -0.1) is 0 Å². The van der Waals surface area contributed by atoms with E-state index in [0.29, 0.717) is 45.1 Å². The second kappa shape index (κ2) is 59.6. The van der Waals surface area contributed by atoms with E-state index in [9.17, 15) is 134 Å². The zero-order chi connectivity index (χ0) is 94.7. The maximum Gasteiger partial charge on any atom is 0.490 e. The molecule has 0 heterocycles. The minimum absolute atomic E-state index is 0.00307. The summed E-state index contributed by atoms with van der Waals surface area (Å²) in [6.45, 7) is 11.6. The largest absolute Gasteiger partial charge is 0.490 e. The van der Waals surface area contributed by atoms with Crippen LogP contribution in [0.1, 0.15) is 191 Å². The highest BCUT2D eigenvalue weighted by atomic mass is 19.4. The van der Waals surface area contributed by atoms with Gasteiger partial charge in [-0.3, -0.25) is 101 Å². The molecule has 0 aromatic heterocycles. The summed E-state index contributed by atoms with van der Waals surface area (Å²) in [6, 6.07) is -23.6. The van der Waals surface area contributed by atoms with Crippen molar-refractivity contribution in [3.63, 3.8) is 0 Å². The number of alkyl halides is 3. The lowest BCUT2D eigenvalue weighted by molar-refractivity contribution is -0.192. The predicted octanol–water partition coefficient (Wildman–Crippen LogP) is -7.98. The monoisotopic (exact) mass is 1770 g/mol. The van der Waals surface area contributed by atoms with Crippen molar-refractivity contribution in [2.24, 2.45) is 28.7 Å². The summed E-state index contributed by atoms with van der Waals surface area (Å²) in [6.07, 6.45) is -7.32. The van der Waals surface area contributed by atoms with Gasteiger partial charge in [0.1, 0.15) is 96.7 Å². The molecule has 0 bridgehead atoms. The molecular formula is C72H122F3N21O27. The van der Waals surface area contributed by atoms with Crippen LogP contribution in [-0.2, 0) is 105 Å². The average Bonchev–Trinajstić information content (AvgIpc) is 0.869. The third-order valence-electron chi connectivity index (χ3n) is 17.8. The number of rotatable bonds is 60. The van der Waals surface area contributed by atoms with Crippen LogP contribution in [-0.4, -0.2) is 285 Å². The van der Waals surface area contributed by atoms with E-state index >= 15 is 0 Å². The fourth-order valence-electron chi connectivity index (χ4n) is 10.6. The smallest absolute Gasteiger partial charge is 0.481 e. The van der Waals surface area contributed by atoms with E-state index in [1.807, 2.05) is 0 Å². The number of carbonyl (C=O) groups excluding carboxylic acids is 17. The van der Waals surface area contributed by atoms with E-state index in [0.717, 1.165) is 27.7 Å². The van der Waals surface area contributed by atoms with Crippen LogP contribution < -0.4 is 114 Å². The number of hydrogen-bond donors (Lipinski definition) is 26.